The van der Waals surface area contributed by atoms with Crippen molar-refractivity contribution in [2.75, 3.05) is 30.3 Å². The molecule has 35 heavy (non-hydrogen) atoms. The second kappa shape index (κ2) is 11.4. The largest absolute Gasteiger partial charge is 0.383 e. The molecule has 9 heteroatoms. The summed E-state index contributed by atoms with van der Waals surface area (Å²) in [7, 11) is 0. The van der Waals surface area contributed by atoms with Crippen LogP contribution < -0.4 is 21.9 Å². The summed E-state index contributed by atoms with van der Waals surface area (Å²) in [5.41, 5.74) is 6.73. The van der Waals surface area contributed by atoms with E-state index in [2.05, 4.69) is 4.98 Å². The number of anilines is 2. The zero-order chi connectivity index (χ0) is 25.7. The average molecular weight is 484 g/mol. The van der Waals surface area contributed by atoms with Gasteiger partial charge in [-0.15, -0.1) is 0 Å². The molecule has 1 aliphatic rings. The van der Waals surface area contributed by atoms with Crippen molar-refractivity contribution in [2.45, 2.75) is 59.9 Å². The molecule has 9 nitrogen and oxygen atoms in total. The fourth-order valence-electron chi connectivity index (χ4n) is 4.57. The molecule has 190 valence electrons. The van der Waals surface area contributed by atoms with E-state index >= 15 is 0 Å². The lowest BCUT2D eigenvalue weighted by molar-refractivity contribution is -0.123. The molecule has 0 radical (unpaired) electrons. The second-order valence-corrected chi connectivity index (χ2v) is 9.72. The Balaban J connectivity index is 1.83. The minimum atomic E-state index is -0.651. The Kier molecular flexibility index (Phi) is 8.53. The maximum Gasteiger partial charge on any atom is 0.330 e. The number of amides is 2. The number of likely N-dealkylation sites (tertiary alicyclic amines) is 1. The fourth-order valence-corrected chi connectivity index (χ4v) is 4.57. The summed E-state index contributed by atoms with van der Waals surface area (Å²) in [6.07, 6.45) is 2.58. The summed E-state index contributed by atoms with van der Waals surface area (Å²) >= 11 is 0. The van der Waals surface area contributed by atoms with Crippen LogP contribution in [0.3, 0.4) is 0 Å². The van der Waals surface area contributed by atoms with Gasteiger partial charge in [-0.2, -0.15) is 0 Å². The van der Waals surface area contributed by atoms with Crippen LogP contribution in [0.1, 0.15) is 62.4 Å². The Hall–Kier alpha value is -3.36. The summed E-state index contributed by atoms with van der Waals surface area (Å²) in [5, 5.41) is 0. The number of hydrogen-bond acceptors (Lipinski definition) is 5. The molecule has 1 aliphatic heterocycles. The third-order valence-electron chi connectivity index (χ3n) is 6.54. The molecule has 1 aromatic carbocycles. The van der Waals surface area contributed by atoms with Gasteiger partial charge in [0.05, 0.1) is 0 Å². The first kappa shape index (κ1) is 26.2. The first-order valence-electron chi connectivity index (χ1n) is 12.4. The van der Waals surface area contributed by atoms with Crippen molar-refractivity contribution in [1.82, 2.24) is 14.5 Å². The van der Waals surface area contributed by atoms with Gasteiger partial charge >= 0.3 is 5.69 Å². The van der Waals surface area contributed by atoms with E-state index in [0.29, 0.717) is 44.6 Å². The number of benzene rings is 1. The third kappa shape index (κ3) is 5.83. The highest BCUT2D eigenvalue weighted by Gasteiger charge is 2.34. The molecule has 3 rings (SSSR count). The molecule has 0 unspecified atom stereocenters. The first-order valence-corrected chi connectivity index (χ1v) is 12.4. The lowest BCUT2D eigenvalue weighted by atomic mass is 9.94. The van der Waals surface area contributed by atoms with Gasteiger partial charge in [0.15, 0.2) is 5.69 Å². The van der Waals surface area contributed by atoms with Gasteiger partial charge in [0.2, 0.25) is 5.91 Å². The number of nitrogens with one attached hydrogen (secondary N) is 1. The Morgan fingerprint density at radius 1 is 1.17 bits per heavy atom. The summed E-state index contributed by atoms with van der Waals surface area (Å²) in [6.45, 7) is 9.42. The van der Waals surface area contributed by atoms with Crippen LogP contribution in [-0.4, -0.2) is 45.9 Å². The fraction of sp³-hybridized carbons (Fsp3) is 0.538. The van der Waals surface area contributed by atoms with E-state index in [-0.39, 0.29) is 35.2 Å². The van der Waals surface area contributed by atoms with Crippen LogP contribution in [0.15, 0.2) is 33.9 Å². The molecule has 0 saturated carbocycles. The number of aromatic amines is 1. The first-order chi connectivity index (χ1) is 16.6. The van der Waals surface area contributed by atoms with Crippen LogP contribution in [0.5, 0.6) is 0 Å². The number of nitrogen functional groups attached to an aromatic ring is 1. The van der Waals surface area contributed by atoms with E-state index in [1.165, 1.54) is 9.47 Å². The van der Waals surface area contributed by atoms with E-state index < -0.39 is 11.2 Å². The number of carbonyl (C=O) groups is 2. The molecule has 1 saturated heterocycles. The molecule has 2 amide bonds. The maximum atomic E-state index is 13.7. The van der Waals surface area contributed by atoms with E-state index in [4.69, 9.17) is 5.73 Å². The monoisotopic (exact) mass is 483 g/mol. The van der Waals surface area contributed by atoms with Gasteiger partial charge in [-0.1, -0.05) is 45.4 Å². The molecule has 1 aromatic heterocycles. The lowest BCUT2D eigenvalue weighted by Crippen LogP contribution is -2.48. The predicted molar refractivity (Wildman–Crippen MR) is 138 cm³/mol. The summed E-state index contributed by atoms with van der Waals surface area (Å²) < 4.78 is 1.34. The SMILES string of the molecule is CCCCn1c(N)c(N(CC(C)C)C(=O)C2CCN(C(=O)c3ccccc3C)CC2)c(=O)[nH]c1=O. The number of nitrogens with zero attached hydrogens (tertiary/aromatic N) is 3. The van der Waals surface area contributed by atoms with E-state index in [1.54, 1.807) is 4.90 Å². The molecule has 0 spiro atoms. The standard InChI is InChI=1S/C26H37N5O4/c1-5-6-13-30-22(27)21(23(32)28-26(30)35)31(16-17(2)3)24(33)19-11-14-29(15-12-19)25(34)20-10-8-7-9-18(20)4/h7-10,17,19H,5-6,11-16,27H2,1-4H3,(H,28,32,35). The van der Waals surface area contributed by atoms with Crippen LogP contribution in [0.2, 0.25) is 0 Å². The number of aromatic nitrogens is 2. The molecule has 3 N–H and O–H groups in total. The molecule has 1 fully saturated rings. The third-order valence-corrected chi connectivity index (χ3v) is 6.54. The van der Waals surface area contributed by atoms with E-state index in [9.17, 15) is 19.2 Å². The number of carbonyl (C=O) groups excluding carboxylic acids is 2. The quantitative estimate of drug-likeness (QED) is 0.598. The van der Waals surface area contributed by atoms with Crippen LogP contribution >= 0.6 is 0 Å². The van der Waals surface area contributed by atoms with Crippen LogP contribution in [0, 0.1) is 18.8 Å². The van der Waals surface area contributed by atoms with Gasteiger partial charge in [0.1, 0.15) is 5.82 Å². The van der Waals surface area contributed by atoms with Crippen molar-refractivity contribution < 1.29 is 9.59 Å². The molecular weight excluding hydrogens is 446 g/mol. The average Bonchev–Trinajstić information content (AvgIpc) is 2.82. The Morgan fingerprint density at radius 2 is 1.83 bits per heavy atom. The molecular formula is C26H37N5O4. The number of hydrogen-bond donors (Lipinski definition) is 2. The van der Waals surface area contributed by atoms with Gasteiger partial charge in [-0.3, -0.25) is 23.9 Å². The van der Waals surface area contributed by atoms with Gasteiger partial charge in [-0.05, 0) is 43.7 Å². The molecule has 0 bridgehead atoms. The minimum absolute atomic E-state index is 0.0216. The van der Waals surface area contributed by atoms with E-state index in [1.807, 2.05) is 52.0 Å². The second-order valence-electron chi connectivity index (χ2n) is 9.72. The van der Waals surface area contributed by atoms with Crippen molar-refractivity contribution in [3.8, 4) is 0 Å². The highest BCUT2D eigenvalue weighted by Crippen LogP contribution is 2.26. The zero-order valence-corrected chi connectivity index (χ0v) is 21.2. The molecule has 0 atom stereocenters. The van der Waals surface area contributed by atoms with Gasteiger partial charge in [-0.25, -0.2) is 4.79 Å². The predicted octanol–water partition coefficient (Wildman–Crippen LogP) is 2.77. The van der Waals surface area contributed by atoms with E-state index in [0.717, 1.165) is 18.4 Å². The topological polar surface area (TPSA) is 121 Å². The highest BCUT2D eigenvalue weighted by atomic mass is 16.2. The Morgan fingerprint density at radius 3 is 2.43 bits per heavy atom. The summed E-state index contributed by atoms with van der Waals surface area (Å²) in [5.74, 6) is -0.467. The zero-order valence-electron chi connectivity index (χ0n) is 21.2. The normalized spacial score (nSPS) is 14.4. The van der Waals surface area contributed by atoms with Crippen molar-refractivity contribution in [1.29, 1.82) is 0 Å². The van der Waals surface area contributed by atoms with Gasteiger partial charge in [0, 0.05) is 37.7 Å². The number of piperidine rings is 1. The van der Waals surface area contributed by atoms with Crippen molar-refractivity contribution >= 4 is 23.3 Å². The molecule has 2 aromatic rings. The lowest BCUT2D eigenvalue weighted by Gasteiger charge is -2.35. The van der Waals surface area contributed by atoms with Gasteiger partial charge in [0.25, 0.3) is 11.5 Å². The number of nitrogens with two attached hydrogens (primary N) is 1. The van der Waals surface area contributed by atoms with Gasteiger partial charge < -0.3 is 15.5 Å². The van der Waals surface area contributed by atoms with Crippen molar-refractivity contribution in [3.05, 3.63) is 56.2 Å². The number of rotatable bonds is 8. The smallest absolute Gasteiger partial charge is 0.330 e. The molecule has 0 aliphatic carbocycles. The minimum Gasteiger partial charge on any atom is -0.383 e. The number of unbranched alkanes of at least 4 members (excludes halogenated alkanes) is 1. The van der Waals surface area contributed by atoms with Crippen LogP contribution in [-0.2, 0) is 11.3 Å². The summed E-state index contributed by atoms with van der Waals surface area (Å²) in [6, 6.07) is 7.48. The molecule has 2 heterocycles. The summed E-state index contributed by atoms with van der Waals surface area (Å²) in [4.78, 5) is 57.4. The maximum absolute atomic E-state index is 13.7. The highest BCUT2D eigenvalue weighted by molar-refractivity contribution is 5.98. The van der Waals surface area contributed by atoms with Crippen molar-refractivity contribution in [3.63, 3.8) is 0 Å². The van der Waals surface area contributed by atoms with Crippen LogP contribution in [0.4, 0.5) is 11.5 Å². The van der Waals surface area contributed by atoms with Crippen molar-refractivity contribution in [2.24, 2.45) is 11.8 Å². The Labute approximate surface area is 205 Å². The van der Waals surface area contributed by atoms with Crippen LogP contribution in [0.25, 0.3) is 0 Å². The number of aryl methyl sites for hydroxylation is 1. The Bertz CT molecular complexity index is 1170. The number of H-pyrrole nitrogens is 1.